The van der Waals surface area contributed by atoms with Crippen LogP contribution in [0.4, 0.5) is 5.69 Å². The normalized spacial score (nSPS) is 16.8. The zero-order chi connectivity index (χ0) is 12.8. The van der Waals surface area contributed by atoms with Crippen LogP contribution in [-0.2, 0) is 15.3 Å². The van der Waals surface area contributed by atoms with Gasteiger partial charge in [-0.2, -0.15) is 0 Å². The number of fused-ring (bicyclic) bond motifs is 1. The summed E-state index contributed by atoms with van der Waals surface area (Å²) in [4.78, 5) is 0.399. The number of halogens is 1. The number of rotatable bonds is 2. The highest BCUT2D eigenvalue weighted by atomic mass is 35.5. The van der Waals surface area contributed by atoms with Gasteiger partial charge in [0.15, 0.2) is 16.1 Å². The van der Waals surface area contributed by atoms with E-state index in [4.69, 9.17) is 0 Å². The second kappa shape index (κ2) is 4.67. The van der Waals surface area contributed by atoms with Crippen LogP contribution in [0.15, 0.2) is 23.1 Å². The molecule has 5 heteroatoms. The lowest BCUT2D eigenvalue weighted by atomic mass is 9.87. The molecule has 1 aromatic carbocycles. The van der Waals surface area contributed by atoms with Crippen molar-refractivity contribution in [2.24, 2.45) is 0 Å². The number of hydrogen-bond donors (Lipinski definition) is 0. The molecule has 1 heterocycles. The third kappa shape index (κ3) is 2.45. The van der Waals surface area contributed by atoms with Crippen LogP contribution in [0.1, 0.15) is 26.3 Å². The predicted molar refractivity (Wildman–Crippen MR) is 69.1 cm³/mol. The average molecular weight is 288 g/mol. The second-order valence-electron chi connectivity index (χ2n) is 5.09. The van der Waals surface area contributed by atoms with Gasteiger partial charge in [0, 0.05) is 17.9 Å². The summed E-state index contributed by atoms with van der Waals surface area (Å²) in [6, 6.07) is 5.39. The largest absolute Gasteiger partial charge is 1.00 e. The van der Waals surface area contributed by atoms with Crippen LogP contribution in [0.25, 0.3) is 0 Å². The van der Waals surface area contributed by atoms with E-state index in [2.05, 4.69) is 31.6 Å². The van der Waals surface area contributed by atoms with Gasteiger partial charge in [-0.1, -0.05) is 0 Å². The molecule has 0 spiro atoms. The Labute approximate surface area is 115 Å². The Kier molecular flexibility index (Phi) is 3.94. The lowest BCUT2D eigenvalue weighted by Gasteiger charge is -2.11. The molecule has 100 valence electrons. The number of hydrogen-bond acceptors (Lipinski definition) is 2. The maximum absolute atomic E-state index is 11.6. The minimum Gasteiger partial charge on any atom is -1.00 e. The third-order valence-electron chi connectivity index (χ3n) is 3.22. The predicted octanol–water partition coefficient (Wildman–Crippen LogP) is -0.880. The van der Waals surface area contributed by atoms with Crippen molar-refractivity contribution in [2.45, 2.75) is 31.1 Å². The monoisotopic (exact) mass is 287 g/mol. The molecule has 3 nitrogen and oxygen atoms in total. The van der Waals surface area contributed by atoms with Crippen LogP contribution < -0.4 is 12.4 Å². The fraction of sp³-hybridized carbons (Fsp3) is 0.462. The summed E-state index contributed by atoms with van der Waals surface area (Å²) >= 11 is 0. The van der Waals surface area contributed by atoms with Gasteiger partial charge in [-0.15, -0.1) is 0 Å². The minimum atomic E-state index is -3.13. The van der Waals surface area contributed by atoms with Crippen molar-refractivity contribution >= 4 is 21.7 Å². The van der Waals surface area contributed by atoms with Crippen LogP contribution >= 0.6 is 0 Å². The van der Waals surface area contributed by atoms with Gasteiger partial charge in [0.1, 0.15) is 6.54 Å². The molecule has 0 radical (unpaired) electrons. The fourth-order valence-corrected chi connectivity index (χ4v) is 2.95. The van der Waals surface area contributed by atoms with Crippen LogP contribution in [0.2, 0.25) is 0 Å². The lowest BCUT2D eigenvalue weighted by Crippen LogP contribution is -3.00. The van der Waals surface area contributed by atoms with Gasteiger partial charge < -0.3 is 12.4 Å². The van der Waals surface area contributed by atoms with Gasteiger partial charge in [0.25, 0.3) is 0 Å². The Balaban J connectivity index is 0.00000162. The molecule has 0 saturated heterocycles. The molecule has 0 fully saturated rings. The molecule has 2 rings (SSSR count). The maximum atomic E-state index is 11.6. The molecular formula is C13H18ClNO2S. The van der Waals surface area contributed by atoms with E-state index >= 15 is 0 Å². The molecule has 0 aliphatic carbocycles. The third-order valence-corrected chi connectivity index (χ3v) is 4.33. The molecule has 0 amide bonds. The van der Waals surface area contributed by atoms with E-state index in [1.54, 1.807) is 12.1 Å². The van der Waals surface area contributed by atoms with E-state index < -0.39 is 9.84 Å². The van der Waals surface area contributed by atoms with E-state index in [1.165, 1.54) is 6.26 Å². The summed E-state index contributed by atoms with van der Waals surface area (Å²) < 4.78 is 25.3. The van der Waals surface area contributed by atoms with Crippen molar-refractivity contribution in [2.75, 3.05) is 12.8 Å². The Morgan fingerprint density at radius 3 is 2.39 bits per heavy atom. The van der Waals surface area contributed by atoms with Gasteiger partial charge >= 0.3 is 0 Å². The summed E-state index contributed by atoms with van der Waals surface area (Å²) in [6.45, 7) is 7.20. The highest BCUT2D eigenvalue weighted by Crippen LogP contribution is 2.37. The Bertz CT molecular complexity index is 603. The minimum absolute atomic E-state index is 0. The summed E-state index contributed by atoms with van der Waals surface area (Å²) in [7, 11) is -3.13. The van der Waals surface area contributed by atoms with Crippen molar-refractivity contribution < 1.29 is 25.4 Å². The molecular weight excluding hydrogens is 270 g/mol. The summed E-state index contributed by atoms with van der Waals surface area (Å²) in [6.07, 6.45) is 3.40. The van der Waals surface area contributed by atoms with E-state index in [1.807, 2.05) is 6.07 Å². The van der Waals surface area contributed by atoms with Crippen molar-refractivity contribution in [3.63, 3.8) is 0 Å². The topological polar surface area (TPSA) is 37.1 Å². The van der Waals surface area contributed by atoms with Crippen LogP contribution in [-0.4, -0.2) is 32.0 Å². The molecule has 0 atom stereocenters. The van der Waals surface area contributed by atoms with Crippen molar-refractivity contribution in [1.82, 2.24) is 0 Å². The smallest absolute Gasteiger partial charge is 0.209 e. The number of nitrogens with zero attached hydrogens (tertiary/aromatic N) is 1. The summed E-state index contributed by atoms with van der Waals surface area (Å²) in [5.74, 6) is 0. The van der Waals surface area contributed by atoms with Crippen LogP contribution in [0.3, 0.4) is 0 Å². The molecule has 0 unspecified atom stereocenters. The quantitative estimate of drug-likeness (QED) is 0.663. The van der Waals surface area contributed by atoms with Gasteiger partial charge in [-0.3, -0.25) is 0 Å². The lowest BCUT2D eigenvalue weighted by molar-refractivity contribution is -0.428. The average Bonchev–Trinajstić information content (AvgIpc) is 2.49. The highest BCUT2D eigenvalue weighted by Gasteiger charge is 2.37. The molecule has 0 aromatic heterocycles. The molecule has 0 bridgehead atoms. The fourth-order valence-electron chi connectivity index (χ4n) is 2.30. The first kappa shape index (κ1) is 15.2. The van der Waals surface area contributed by atoms with Crippen molar-refractivity contribution in [3.8, 4) is 0 Å². The maximum Gasteiger partial charge on any atom is 0.209 e. The first-order valence-electron chi connectivity index (χ1n) is 5.73. The summed E-state index contributed by atoms with van der Waals surface area (Å²) in [5.41, 5.74) is 2.10. The molecule has 0 saturated carbocycles. The molecule has 18 heavy (non-hydrogen) atoms. The van der Waals surface area contributed by atoms with E-state index in [-0.39, 0.29) is 17.8 Å². The molecule has 0 N–H and O–H groups in total. The highest BCUT2D eigenvalue weighted by molar-refractivity contribution is 7.90. The standard InChI is InChI=1S/C13H18NO2S.ClH/c1-5-14-9-13(2,3)11-8-10(17(4,15)16)6-7-12(11)14;/h6-9H,5H2,1-4H3;1H/q+1;/p-1. The van der Waals surface area contributed by atoms with Gasteiger partial charge in [-0.05, 0) is 32.9 Å². The zero-order valence-electron chi connectivity index (χ0n) is 11.1. The van der Waals surface area contributed by atoms with Gasteiger partial charge in [-0.25, -0.2) is 13.0 Å². The Morgan fingerprint density at radius 1 is 1.28 bits per heavy atom. The summed E-state index contributed by atoms with van der Waals surface area (Å²) in [5, 5.41) is 0. The zero-order valence-corrected chi connectivity index (χ0v) is 12.6. The Hall–Kier alpha value is -0.870. The van der Waals surface area contributed by atoms with Crippen LogP contribution in [0, 0.1) is 0 Å². The first-order chi connectivity index (χ1) is 7.75. The number of benzene rings is 1. The second-order valence-corrected chi connectivity index (χ2v) is 7.10. The van der Waals surface area contributed by atoms with E-state index in [0.717, 1.165) is 17.8 Å². The van der Waals surface area contributed by atoms with Crippen molar-refractivity contribution in [1.29, 1.82) is 0 Å². The molecule has 1 aromatic rings. The van der Waals surface area contributed by atoms with Gasteiger partial charge in [0.2, 0.25) is 5.69 Å². The van der Waals surface area contributed by atoms with Crippen molar-refractivity contribution in [3.05, 3.63) is 23.8 Å². The van der Waals surface area contributed by atoms with Crippen LogP contribution in [0.5, 0.6) is 0 Å². The van der Waals surface area contributed by atoms with E-state index in [0.29, 0.717) is 4.90 Å². The SMILES string of the molecule is CC[N+]1=CC(C)(C)c2cc(S(C)(=O)=O)ccc21.[Cl-]. The molecule has 1 aliphatic heterocycles. The van der Waals surface area contributed by atoms with E-state index in [9.17, 15) is 8.42 Å². The molecule has 1 aliphatic rings. The number of sulfone groups is 1. The van der Waals surface area contributed by atoms with Gasteiger partial charge in [0.05, 0.1) is 10.3 Å². The Morgan fingerprint density at radius 2 is 1.89 bits per heavy atom. The first-order valence-corrected chi connectivity index (χ1v) is 7.62.